The fourth-order valence-electron chi connectivity index (χ4n) is 11.1. The molecule has 0 atom stereocenters. The van der Waals surface area contributed by atoms with Gasteiger partial charge in [-0.25, -0.2) is 0 Å². The molecule has 358 valence electrons. The van der Waals surface area contributed by atoms with Gasteiger partial charge in [-0.2, -0.15) is 0 Å². The highest BCUT2D eigenvalue weighted by atomic mass is 15.2. The van der Waals surface area contributed by atoms with Crippen LogP contribution in [0.15, 0.2) is 255 Å². The van der Waals surface area contributed by atoms with E-state index in [1.54, 1.807) is 0 Å². The Morgan fingerprint density at radius 3 is 1.39 bits per heavy atom. The van der Waals surface area contributed by atoms with Crippen LogP contribution in [-0.4, -0.2) is 4.57 Å². The molecule has 11 aromatic carbocycles. The SMILES string of the molecule is CC(C)(C)c1cc(-c2cccc3cccc(-c4ccccc4N(c4ccccc4-c4ccc(-c5ccccc5)cc4)c4ccccc4-c4cccc5c6ccccc6n(-c6ccccc6)c45)c23)cc(C(C)(C)C)c1. The van der Waals surface area contributed by atoms with Crippen molar-refractivity contribution in [2.24, 2.45) is 0 Å². The number of fused-ring (bicyclic) bond motifs is 4. The summed E-state index contributed by atoms with van der Waals surface area (Å²) in [6, 6.07) is 94.2. The molecule has 1 heterocycles. The van der Waals surface area contributed by atoms with E-state index in [0.29, 0.717) is 0 Å². The van der Waals surface area contributed by atoms with Gasteiger partial charge in [-0.1, -0.05) is 260 Å². The molecule has 0 fully saturated rings. The average Bonchev–Trinajstić information content (AvgIpc) is 3.78. The molecule has 0 aliphatic heterocycles. The quantitative estimate of drug-likeness (QED) is 0.140. The molecule has 0 aliphatic carbocycles. The first kappa shape index (κ1) is 46.4. The van der Waals surface area contributed by atoms with Crippen molar-refractivity contribution in [2.75, 3.05) is 4.90 Å². The minimum Gasteiger partial charge on any atom is -0.309 e. The Morgan fingerprint density at radius 2 is 0.757 bits per heavy atom. The number of para-hydroxylation sites is 6. The number of nitrogens with zero attached hydrogens (tertiary/aromatic N) is 2. The molecule has 74 heavy (non-hydrogen) atoms. The number of hydrogen-bond acceptors (Lipinski definition) is 1. The van der Waals surface area contributed by atoms with Crippen molar-refractivity contribution in [1.29, 1.82) is 0 Å². The molecule has 0 bridgehead atoms. The number of aromatic nitrogens is 1. The van der Waals surface area contributed by atoms with Crippen molar-refractivity contribution in [3.63, 3.8) is 0 Å². The summed E-state index contributed by atoms with van der Waals surface area (Å²) >= 11 is 0. The average molecular weight is 953 g/mol. The van der Waals surface area contributed by atoms with E-state index in [-0.39, 0.29) is 10.8 Å². The lowest BCUT2D eigenvalue weighted by molar-refractivity contribution is 0.569. The van der Waals surface area contributed by atoms with Gasteiger partial charge >= 0.3 is 0 Å². The predicted molar refractivity (Wildman–Crippen MR) is 318 cm³/mol. The molecule has 0 amide bonds. The molecule has 0 saturated carbocycles. The van der Waals surface area contributed by atoms with Crippen LogP contribution in [0, 0.1) is 0 Å². The lowest BCUT2D eigenvalue weighted by atomic mass is 9.78. The van der Waals surface area contributed by atoms with Crippen molar-refractivity contribution in [2.45, 2.75) is 52.4 Å². The van der Waals surface area contributed by atoms with Crippen molar-refractivity contribution in [1.82, 2.24) is 4.57 Å². The van der Waals surface area contributed by atoms with Gasteiger partial charge in [-0.15, -0.1) is 0 Å². The second-order valence-electron chi connectivity index (χ2n) is 21.7. The van der Waals surface area contributed by atoms with Crippen LogP contribution in [0.5, 0.6) is 0 Å². The van der Waals surface area contributed by atoms with Gasteiger partial charge in [0.05, 0.1) is 28.1 Å². The van der Waals surface area contributed by atoms with Crippen molar-refractivity contribution in [3.8, 4) is 61.3 Å². The molecular weight excluding hydrogens is 893 g/mol. The Balaban J connectivity index is 1.14. The van der Waals surface area contributed by atoms with Crippen molar-refractivity contribution < 1.29 is 0 Å². The van der Waals surface area contributed by atoms with E-state index >= 15 is 0 Å². The molecule has 1 aromatic heterocycles. The third kappa shape index (κ3) is 8.37. The minimum absolute atomic E-state index is 0.0288. The first-order valence-corrected chi connectivity index (χ1v) is 26.0. The highest BCUT2D eigenvalue weighted by Gasteiger charge is 2.27. The zero-order chi connectivity index (χ0) is 50.6. The normalized spacial score (nSPS) is 11.9. The Morgan fingerprint density at radius 1 is 0.311 bits per heavy atom. The summed E-state index contributed by atoms with van der Waals surface area (Å²) in [6.45, 7) is 14.0. The predicted octanol–water partition coefficient (Wildman–Crippen LogP) is 20.3. The third-order valence-corrected chi connectivity index (χ3v) is 14.9. The van der Waals surface area contributed by atoms with Crippen LogP contribution in [0.2, 0.25) is 0 Å². The maximum absolute atomic E-state index is 2.54. The maximum atomic E-state index is 2.54. The maximum Gasteiger partial charge on any atom is 0.0620 e. The lowest BCUT2D eigenvalue weighted by Gasteiger charge is -2.32. The molecule has 0 spiro atoms. The fourth-order valence-corrected chi connectivity index (χ4v) is 11.1. The monoisotopic (exact) mass is 952 g/mol. The fraction of sp³-hybridized carbons (Fsp3) is 0.111. The van der Waals surface area contributed by atoms with Gasteiger partial charge in [0.15, 0.2) is 0 Å². The molecule has 12 rings (SSSR count). The smallest absolute Gasteiger partial charge is 0.0620 e. The van der Waals surface area contributed by atoms with Crippen LogP contribution in [0.1, 0.15) is 52.7 Å². The molecule has 0 radical (unpaired) electrons. The van der Waals surface area contributed by atoms with Crippen LogP contribution in [-0.2, 0) is 10.8 Å². The Kier molecular flexibility index (Phi) is 11.7. The molecule has 0 N–H and O–H groups in total. The van der Waals surface area contributed by atoms with Gasteiger partial charge < -0.3 is 9.47 Å². The van der Waals surface area contributed by atoms with Crippen LogP contribution < -0.4 is 4.90 Å². The number of benzene rings is 11. The second kappa shape index (κ2) is 18.7. The Bertz CT molecular complexity index is 3980. The number of rotatable bonds is 9. The summed E-state index contributed by atoms with van der Waals surface area (Å²) in [6.07, 6.45) is 0. The van der Waals surface area contributed by atoms with Gasteiger partial charge in [-0.05, 0) is 103 Å². The van der Waals surface area contributed by atoms with E-state index in [1.165, 1.54) is 71.5 Å². The van der Waals surface area contributed by atoms with E-state index in [4.69, 9.17) is 0 Å². The van der Waals surface area contributed by atoms with Gasteiger partial charge in [0.1, 0.15) is 0 Å². The second-order valence-corrected chi connectivity index (χ2v) is 21.7. The zero-order valence-corrected chi connectivity index (χ0v) is 43.1. The van der Waals surface area contributed by atoms with E-state index in [0.717, 1.165) is 50.6 Å². The molecule has 0 unspecified atom stereocenters. The number of hydrogen-bond donors (Lipinski definition) is 0. The molecule has 12 aromatic rings. The topological polar surface area (TPSA) is 8.17 Å². The highest BCUT2D eigenvalue weighted by Crippen LogP contribution is 2.51. The van der Waals surface area contributed by atoms with E-state index in [1.807, 2.05) is 0 Å². The molecule has 0 saturated heterocycles. The lowest BCUT2D eigenvalue weighted by Crippen LogP contribution is -2.16. The van der Waals surface area contributed by atoms with Gasteiger partial charge in [0.2, 0.25) is 0 Å². The summed E-state index contributed by atoms with van der Waals surface area (Å²) < 4.78 is 2.45. The van der Waals surface area contributed by atoms with Gasteiger partial charge in [0, 0.05) is 38.7 Å². The van der Waals surface area contributed by atoms with E-state index in [2.05, 4.69) is 306 Å². The van der Waals surface area contributed by atoms with Crippen molar-refractivity contribution in [3.05, 3.63) is 266 Å². The molecule has 2 nitrogen and oxygen atoms in total. The largest absolute Gasteiger partial charge is 0.309 e. The number of anilines is 3. The van der Waals surface area contributed by atoms with Crippen LogP contribution in [0.3, 0.4) is 0 Å². The zero-order valence-electron chi connectivity index (χ0n) is 43.1. The third-order valence-electron chi connectivity index (χ3n) is 14.9. The first-order chi connectivity index (χ1) is 36.0. The summed E-state index contributed by atoms with van der Waals surface area (Å²) in [5.41, 5.74) is 21.1. The molecular formula is C72H60N2. The van der Waals surface area contributed by atoms with Gasteiger partial charge in [-0.3, -0.25) is 0 Å². The summed E-state index contributed by atoms with van der Waals surface area (Å²) in [4.78, 5) is 2.54. The molecule has 2 heteroatoms. The Labute approximate surface area is 436 Å². The summed E-state index contributed by atoms with van der Waals surface area (Å²) in [5.74, 6) is 0. The van der Waals surface area contributed by atoms with Crippen LogP contribution in [0.25, 0.3) is 93.9 Å². The summed E-state index contributed by atoms with van der Waals surface area (Å²) in [7, 11) is 0. The van der Waals surface area contributed by atoms with Crippen LogP contribution in [0.4, 0.5) is 17.1 Å². The van der Waals surface area contributed by atoms with E-state index in [9.17, 15) is 0 Å². The standard InChI is InChI=1S/C72H60N2/c1-71(2,3)54-46-53(47-55(48-54)72(4,5)6)58-34-21-26-52-27-22-35-62(69(52)58)59-31-14-19-40-67(59)74(65-38-17-13-30-57(65)51-44-42-50(43-45-51)49-24-9-7-10-25-49)68-41-20-16-33-61(68)64-37-23-36-63-60-32-15-18-39-66(60)73(70(63)64)56-28-11-8-12-29-56/h7-48H,1-6H3. The Hall–Kier alpha value is -8.72. The summed E-state index contributed by atoms with van der Waals surface area (Å²) in [5, 5.41) is 4.89. The minimum atomic E-state index is -0.0288. The molecule has 0 aliphatic rings. The van der Waals surface area contributed by atoms with Gasteiger partial charge in [0.25, 0.3) is 0 Å². The first-order valence-electron chi connectivity index (χ1n) is 26.0. The van der Waals surface area contributed by atoms with Crippen molar-refractivity contribution >= 4 is 49.6 Å². The van der Waals surface area contributed by atoms with Crippen LogP contribution >= 0.6 is 0 Å². The highest BCUT2D eigenvalue weighted by molar-refractivity contribution is 6.15. The van der Waals surface area contributed by atoms with E-state index < -0.39 is 0 Å².